The average Bonchev–Trinajstić information content (AvgIpc) is 2.78. The minimum atomic E-state index is -0.154. The quantitative estimate of drug-likeness (QED) is 0.823. The van der Waals surface area contributed by atoms with Gasteiger partial charge in [0.2, 0.25) is 0 Å². The second kappa shape index (κ2) is 6.92. The Hall–Kier alpha value is -1.31. The summed E-state index contributed by atoms with van der Waals surface area (Å²) in [5.74, 6) is 6.22. The topological polar surface area (TPSA) is 49.3 Å². The molecule has 2 N–H and O–H groups in total. The predicted molar refractivity (Wildman–Crippen MR) is 81.9 cm³/mol. The van der Waals surface area contributed by atoms with Crippen molar-refractivity contribution >= 4 is 17.2 Å². The minimum absolute atomic E-state index is 0.00856. The smallest absolute Gasteiger partial charge is 0.261 e. The number of thiophene rings is 1. The summed E-state index contributed by atoms with van der Waals surface area (Å²) in [5.41, 5.74) is 0.998. The van der Waals surface area contributed by atoms with E-state index >= 15 is 0 Å². The van der Waals surface area contributed by atoms with Crippen LogP contribution in [0, 0.1) is 24.7 Å². The SMILES string of the molecule is Cc1cc(C(=O)NC2CCCC(C)C2)sc1C#CCO. The first-order chi connectivity index (χ1) is 9.60. The molecule has 0 spiro atoms. The van der Waals surface area contributed by atoms with Gasteiger partial charge in [-0.2, -0.15) is 0 Å². The number of aliphatic hydroxyl groups excluding tert-OH is 1. The number of rotatable bonds is 2. The molecule has 2 unspecified atom stereocenters. The van der Waals surface area contributed by atoms with Gasteiger partial charge in [-0.05, 0) is 37.3 Å². The van der Waals surface area contributed by atoms with E-state index in [2.05, 4.69) is 24.1 Å². The van der Waals surface area contributed by atoms with E-state index in [0.29, 0.717) is 16.8 Å². The Labute approximate surface area is 124 Å². The van der Waals surface area contributed by atoms with Crippen molar-refractivity contribution < 1.29 is 9.90 Å². The molecular formula is C16H21NO2S. The Kier molecular flexibility index (Phi) is 5.22. The zero-order valence-electron chi connectivity index (χ0n) is 12.0. The first-order valence-electron chi connectivity index (χ1n) is 7.11. The van der Waals surface area contributed by atoms with Gasteiger partial charge in [0.25, 0.3) is 5.91 Å². The molecule has 1 aromatic heterocycles. The minimum Gasteiger partial charge on any atom is -0.384 e. The molecule has 1 saturated carbocycles. The molecule has 1 fully saturated rings. The van der Waals surface area contributed by atoms with E-state index in [1.54, 1.807) is 0 Å². The van der Waals surface area contributed by atoms with E-state index in [1.165, 1.54) is 24.2 Å². The fourth-order valence-electron chi connectivity index (χ4n) is 2.66. The highest BCUT2D eigenvalue weighted by Gasteiger charge is 2.21. The summed E-state index contributed by atoms with van der Waals surface area (Å²) in [7, 11) is 0. The van der Waals surface area contributed by atoms with Gasteiger partial charge < -0.3 is 10.4 Å². The van der Waals surface area contributed by atoms with E-state index in [0.717, 1.165) is 23.3 Å². The van der Waals surface area contributed by atoms with Crippen LogP contribution in [0.4, 0.5) is 0 Å². The van der Waals surface area contributed by atoms with Gasteiger partial charge >= 0.3 is 0 Å². The summed E-state index contributed by atoms with van der Waals surface area (Å²) in [6.45, 7) is 4.03. The standard InChI is InChI=1S/C16H21NO2S/c1-11-5-3-6-13(9-11)17-16(19)15-10-12(2)14(20-15)7-4-8-18/h10-11,13,18H,3,5-6,8-9H2,1-2H3,(H,17,19). The molecule has 1 heterocycles. The van der Waals surface area contributed by atoms with Gasteiger partial charge in [-0.25, -0.2) is 0 Å². The van der Waals surface area contributed by atoms with Crippen LogP contribution in [0.15, 0.2) is 6.07 Å². The summed E-state index contributed by atoms with van der Waals surface area (Å²) >= 11 is 1.40. The van der Waals surface area contributed by atoms with Gasteiger partial charge in [-0.1, -0.05) is 31.6 Å². The lowest BCUT2D eigenvalue weighted by Crippen LogP contribution is -2.37. The maximum Gasteiger partial charge on any atom is 0.261 e. The second-order valence-corrected chi connectivity index (χ2v) is 6.58. The maximum absolute atomic E-state index is 12.3. The van der Waals surface area contributed by atoms with Gasteiger partial charge in [-0.15, -0.1) is 11.3 Å². The van der Waals surface area contributed by atoms with Crippen LogP contribution in [0.2, 0.25) is 0 Å². The van der Waals surface area contributed by atoms with Gasteiger partial charge in [0.1, 0.15) is 6.61 Å². The van der Waals surface area contributed by atoms with Crippen molar-refractivity contribution in [1.29, 1.82) is 0 Å². The third-order valence-corrected chi connectivity index (χ3v) is 4.85. The number of carbonyl (C=O) groups excluding carboxylic acids is 1. The number of nitrogens with one attached hydrogen (secondary N) is 1. The van der Waals surface area contributed by atoms with Crippen molar-refractivity contribution in [2.45, 2.75) is 45.6 Å². The van der Waals surface area contributed by atoms with Crippen LogP contribution in [0.25, 0.3) is 0 Å². The highest BCUT2D eigenvalue weighted by atomic mass is 32.1. The fraction of sp³-hybridized carbons (Fsp3) is 0.562. The molecule has 3 nitrogen and oxygen atoms in total. The Bertz CT molecular complexity index is 538. The van der Waals surface area contributed by atoms with E-state index in [1.807, 2.05) is 13.0 Å². The molecule has 1 amide bonds. The van der Waals surface area contributed by atoms with Crippen molar-refractivity contribution in [2.75, 3.05) is 6.61 Å². The molecule has 0 bridgehead atoms. The van der Waals surface area contributed by atoms with Gasteiger partial charge in [-0.3, -0.25) is 4.79 Å². The molecule has 0 aromatic carbocycles. The third-order valence-electron chi connectivity index (χ3n) is 3.69. The van der Waals surface area contributed by atoms with Crippen LogP contribution < -0.4 is 5.32 Å². The Morgan fingerprint density at radius 3 is 3.05 bits per heavy atom. The second-order valence-electron chi connectivity index (χ2n) is 5.52. The molecule has 0 radical (unpaired) electrons. The number of hydrogen-bond acceptors (Lipinski definition) is 3. The summed E-state index contributed by atoms with van der Waals surface area (Å²) in [4.78, 5) is 13.8. The summed E-state index contributed by atoms with van der Waals surface area (Å²) in [6.07, 6.45) is 4.62. The molecule has 1 aromatic rings. The Balaban J connectivity index is 2.02. The molecular weight excluding hydrogens is 270 g/mol. The summed E-state index contributed by atoms with van der Waals surface area (Å²) < 4.78 is 0. The lowest BCUT2D eigenvalue weighted by Gasteiger charge is -2.27. The first-order valence-corrected chi connectivity index (χ1v) is 7.93. The molecule has 1 aliphatic rings. The van der Waals surface area contributed by atoms with Crippen LogP contribution in [0.3, 0.4) is 0 Å². The molecule has 1 aliphatic carbocycles. The van der Waals surface area contributed by atoms with Crippen molar-refractivity contribution in [3.8, 4) is 11.8 Å². The molecule has 4 heteroatoms. The van der Waals surface area contributed by atoms with Gasteiger partial charge in [0.05, 0.1) is 9.75 Å². The monoisotopic (exact) mass is 291 g/mol. The van der Waals surface area contributed by atoms with Crippen LogP contribution in [0.1, 0.15) is 52.7 Å². The fourth-order valence-corrected chi connectivity index (χ4v) is 3.61. The Morgan fingerprint density at radius 1 is 1.55 bits per heavy atom. The van der Waals surface area contributed by atoms with Crippen LogP contribution in [-0.2, 0) is 0 Å². The molecule has 0 saturated heterocycles. The summed E-state index contributed by atoms with van der Waals surface area (Å²) in [5, 5.41) is 11.9. The van der Waals surface area contributed by atoms with Crippen molar-refractivity contribution in [3.05, 3.63) is 21.4 Å². The lowest BCUT2D eigenvalue weighted by molar-refractivity contribution is 0.0925. The number of amides is 1. The zero-order valence-corrected chi connectivity index (χ0v) is 12.8. The number of hydrogen-bond donors (Lipinski definition) is 2. The average molecular weight is 291 g/mol. The van der Waals surface area contributed by atoms with E-state index in [-0.39, 0.29) is 12.5 Å². The molecule has 2 atom stereocenters. The maximum atomic E-state index is 12.3. The van der Waals surface area contributed by atoms with E-state index in [9.17, 15) is 4.79 Å². The number of aryl methyl sites for hydroxylation is 1. The van der Waals surface area contributed by atoms with Crippen LogP contribution in [0.5, 0.6) is 0 Å². The molecule has 20 heavy (non-hydrogen) atoms. The third kappa shape index (κ3) is 3.84. The first kappa shape index (κ1) is 15.1. The highest BCUT2D eigenvalue weighted by Crippen LogP contribution is 2.25. The van der Waals surface area contributed by atoms with Crippen LogP contribution >= 0.6 is 11.3 Å². The predicted octanol–water partition coefficient (Wildman–Crippen LogP) is 2.71. The van der Waals surface area contributed by atoms with Crippen molar-refractivity contribution in [3.63, 3.8) is 0 Å². The Morgan fingerprint density at radius 2 is 2.35 bits per heavy atom. The number of carbonyl (C=O) groups is 1. The lowest BCUT2D eigenvalue weighted by atomic mass is 9.87. The highest BCUT2D eigenvalue weighted by molar-refractivity contribution is 7.14. The largest absolute Gasteiger partial charge is 0.384 e. The molecule has 0 aliphatic heterocycles. The number of aliphatic hydroxyl groups is 1. The van der Waals surface area contributed by atoms with E-state index < -0.39 is 0 Å². The van der Waals surface area contributed by atoms with Gasteiger partial charge in [0, 0.05) is 6.04 Å². The van der Waals surface area contributed by atoms with Crippen molar-refractivity contribution in [1.82, 2.24) is 5.32 Å². The summed E-state index contributed by atoms with van der Waals surface area (Å²) in [6, 6.07) is 2.19. The molecule has 2 rings (SSSR count). The van der Waals surface area contributed by atoms with E-state index in [4.69, 9.17) is 5.11 Å². The van der Waals surface area contributed by atoms with Gasteiger partial charge in [0.15, 0.2) is 0 Å². The zero-order chi connectivity index (χ0) is 14.5. The molecule has 108 valence electrons. The normalized spacial score (nSPS) is 21.9. The van der Waals surface area contributed by atoms with Crippen molar-refractivity contribution in [2.24, 2.45) is 5.92 Å². The van der Waals surface area contributed by atoms with Crippen LogP contribution in [-0.4, -0.2) is 23.7 Å².